The number of halogens is 1. The Morgan fingerprint density at radius 1 is 0.296 bits per heavy atom. The Labute approximate surface area is 361 Å². The molecule has 0 spiro atoms. The van der Waals surface area contributed by atoms with Crippen molar-refractivity contribution in [2.75, 3.05) is 28.8 Å². The Hall–Kier alpha value is -0.110. The van der Waals surface area contributed by atoms with E-state index in [0.717, 1.165) is 0 Å². The minimum Gasteiger partial charge on any atom is -0.125 e. The number of benzene rings is 4. The molecule has 0 amide bonds. The normalized spacial score (nSPS) is 11.9. The van der Waals surface area contributed by atoms with Crippen molar-refractivity contribution in [3.05, 3.63) is 40.9 Å². The highest BCUT2D eigenvalue weighted by molar-refractivity contribution is 9.10. The van der Waals surface area contributed by atoms with Crippen molar-refractivity contribution in [1.29, 1.82) is 0 Å². The van der Waals surface area contributed by atoms with Crippen molar-refractivity contribution in [2.24, 2.45) is 0 Å². The van der Waals surface area contributed by atoms with Crippen LogP contribution in [0.3, 0.4) is 0 Å². The smallest absolute Gasteiger partial charge is 0.0317 e. The lowest BCUT2D eigenvalue weighted by atomic mass is 9.94. The second kappa shape index (κ2) is 27.6. The van der Waals surface area contributed by atoms with E-state index < -0.39 is 0 Å². The molecule has 0 aliphatic rings. The van der Waals surface area contributed by atoms with Gasteiger partial charge in [-0.3, -0.25) is 0 Å². The van der Waals surface area contributed by atoms with E-state index in [1.807, 2.05) is 11.8 Å². The van der Waals surface area contributed by atoms with Crippen molar-refractivity contribution in [1.82, 2.24) is 0 Å². The van der Waals surface area contributed by atoms with Crippen LogP contribution in [-0.2, 0) is 0 Å². The van der Waals surface area contributed by atoms with Gasteiger partial charge in [0.15, 0.2) is 0 Å². The summed E-state index contributed by atoms with van der Waals surface area (Å²) in [4.78, 5) is 7.40. The van der Waals surface area contributed by atoms with Crippen LogP contribution in [0, 0.1) is 0 Å². The lowest BCUT2D eigenvalue weighted by molar-refractivity contribution is 0.706. The fraction of sp³-hybridized carbons (Fsp3) is 0.625. The summed E-state index contributed by atoms with van der Waals surface area (Å²) in [6.07, 6.45) is 26.4. The molecule has 0 aliphatic heterocycles. The van der Waals surface area contributed by atoms with Gasteiger partial charge in [-0.05, 0) is 146 Å². The molecule has 0 aliphatic carbocycles. The summed E-state index contributed by atoms with van der Waals surface area (Å²) >= 11 is 14.6. The quantitative estimate of drug-likeness (QED) is 0.0290. The molecular weight excluding hydrogens is 817 g/mol. The Morgan fingerprint density at radius 3 is 0.778 bits per heavy atom. The summed E-state index contributed by atoms with van der Waals surface area (Å²) in [7, 11) is 0. The van der Waals surface area contributed by atoms with Gasteiger partial charge in [0.2, 0.25) is 0 Å². The van der Waals surface area contributed by atoms with Crippen LogP contribution < -0.4 is 0 Å². The van der Waals surface area contributed by atoms with Gasteiger partial charge in [-0.2, -0.15) is 0 Å². The molecule has 0 bridgehead atoms. The van der Waals surface area contributed by atoms with Crippen LogP contribution in [0.25, 0.3) is 32.3 Å². The first-order chi connectivity index (χ1) is 26.6. The van der Waals surface area contributed by atoms with Gasteiger partial charge in [0, 0.05) is 29.0 Å². The van der Waals surface area contributed by atoms with Crippen molar-refractivity contribution < 1.29 is 0 Å². The second-order valence-electron chi connectivity index (χ2n) is 15.1. The van der Waals surface area contributed by atoms with E-state index in [2.05, 4.69) is 134 Å². The van der Waals surface area contributed by atoms with Crippen LogP contribution in [0.4, 0.5) is 0 Å². The molecule has 0 heterocycles. The van der Waals surface area contributed by atoms with Gasteiger partial charge in [0.1, 0.15) is 0 Å². The maximum atomic E-state index is 4.09. The molecule has 4 aromatic rings. The van der Waals surface area contributed by atoms with E-state index in [-0.39, 0.29) is 0 Å². The van der Waals surface area contributed by atoms with Crippen LogP contribution in [0.2, 0.25) is 0 Å². The third-order valence-electron chi connectivity index (χ3n) is 10.4. The zero-order valence-electron chi connectivity index (χ0n) is 34.6. The summed E-state index contributed by atoms with van der Waals surface area (Å²) in [6.45, 7) is 11.6. The number of rotatable bonds is 30. The second-order valence-corrected chi connectivity index (χ2v) is 21.6. The maximum Gasteiger partial charge on any atom is 0.0317 e. The van der Waals surface area contributed by atoms with Gasteiger partial charge in [-0.25, -0.2) is 0 Å². The minimum atomic E-state index is 1.19. The average Bonchev–Trinajstić information content (AvgIpc) is 3.18. The number of unbranched alkanes of at least 4 members (excludes halogenated alkanes) is 15. The Kier molecular flexibility index (Phi) is 23.8. The SMILES string of the molecule is CCCCCCSc1cc2c(cc1Br)c1cc(SCCCCCC)c(SCCCCCC)cc1c1cc(SCCCCCC)c(SCCCCCC)cc21. The number of hydrogen-bond donors (Lipinski definition) is 0. The van der Waals surface area contributed by atoms with Crippen molar-refractivity contribution in [3.8, 4) is 0 Å². The van der Waals surface area contributed by atoms with Gasteiger partial charge < -0.3 is 0 Å². The predicted octanol–water partition coefficient (Wildman–Crippen LogP) is 19.3. The molecule has 0 atom stereocenters. The largest absolute Gasteiger partial charge is 0.125 e. The standard InChI is InChI=1S/C48H71BrS5/c1-6-11-16-21-26-50-44-32-38-37(31-43(44)49)39-33-45(51-27-22-17-12-7-2)47(53-29-24-19-14-9-4)35-41(39)42-36-48(54-30-25-20-15-10-5)46(34-40(38)42)52-28-23-18-13-8-3/h31-36H,6-30H2,1-5H3. The van der Waals surface area contributed by atoms with Crippen LogP contribution in [-0.4, -0.2) is 28.8 Å². The molecule has 0 N–H and O–H groups in total. The molecular formula is C48H71BrS5. The summed E-state index contributed by atoms with van der Waals surface area (Å²) in [5.74, 6) is 6.03. The van der Waals surface area contributed by atoms with E-state index in [1.54, 1.807) is 0 Å². The topological polar surface area (TPSA) is 0 Å². The molecule has 0 saturated carbocycles. The van der Waals surface area contributed by atoms with E-state index in [0.29, 0.717) is 0 Å². The Balaban J connectivity index is 1.89. The Morgan fingerprint density at radius 2 is 0.519 bits per heavy atom. The van der Waals surface area contributed by atoms with Gasteiger partial charge >= 0.3 is 0 Å². The van der Waals surface area contributed by atoms with Gasteiger partial charge in [-0.15, -0.1) is 58.8 Å². The van der Waals surface area contributed by atoms with Crippen LogP contribution in [0.15, 0.2) is 65.3 Å². The van der Waals surface area contributed by atoms with Crippen LogP contribution >= 0.6 is 74.7 Å². The molecule has 4 rings (SSSR count). The first-order valence-electron chi connectivity index (χ1n) is 21.9. The van der Waals surface area contributed by atoms with E-state index in [9.17, 15) is 0 Å². The fourth-order valence-electron chi connectivity index (χ4n) is 7.13. The van der Waals surface area contributed by atoms with Crippen molar-refractivity contribution >= 4 is 107 Å². The third-order valence-corrected chi connectivity index (χ3v) is 17.3. The first kappa shape index (κ1) is 46.6. The summed E-state index contributed by atoms with van der Waals surface area (Å²) in [6, 6.07) is 15.5. The van der Waals surface area contributed by atoms with Gasteiger partial charge in [0.05, 0.1) is 0 Å². The Bertz CT molecular complexity index is 1620. The lowest BCUT2D eigenvalue weighted by Crippen LogP contribution is -1.93. The summed E-state index contributed by atoms with van der Waals surface area (Å²) in [5.41, 5.74) is 0. The number of fused-ring (bicyclic) bond motifs is 6. The number of thioether (sulfide) groups is 5. The predicted molar refractivity (Wildman–Crippen MR) is 261 cm³/mol. The monoisotopic (exact) mass is 886 g/mol. The highest BCUT2D eigenvalue weighted by atomic mass is 79.9. The van der Waals surface area contributed by atoms with E-state index in [4.69, 9.17) is 0 Å². The zero-order chi connectivity index (χ0) is 38.4. The molecule has 0 saturated heterocycles. The highest BCUT2D eigenvalue weighted by Gasteiger charge is 2.18. The molecule has 54 heavy (non-hydrogen) atoms. The zero-order valence-corrected chi connectivity index (χ0v) is 40.2. The maximum absolute atomic E-state index is 4.09. The van der Waals surface area contributed by atoms with Gasteiger partial charge in [-0.1, -0.05) is 131 Å². The third kappa shape index (κ3) is 14.9. The molecule has 4 aromatic carbocycles. The number of hydrogen-bond acceptors (Lipinski definition) is 5. The summed E-state index contributed by atoms with van der Waals surface area (Å²) < 4.78 is 1.25. The molecule has 0 unspecified atom stereocenters. The van der Waals surface area contributed by atoms with Crippen LogP contribution in [0.5, 0.6) is 0 Å². The molecule has 0 nitrogen and oxygen atoms in total. The van der Waals surface area contributed by atoms with E-state index in [1.165, 1.54) is 218 Å². The van der Waals surface area contributed by atoms with Gasteiger partial charge in [0.25, 0.3) is 0 Å². The average molecular weight is 888 g/mol. The molecule has 0 fully saturated rings. The molecule has 0 aromatic heterocycles. The molecule has 0 radical (unpaired) electrons. The summed E-state index contributed by atoms with van der Waals surface area (Å²) in [5, 5.41) is 8.63. The first-order valence-corrected chi connectivity index (χ1v) is 27.6. The lowest BCUT2D eigenvalue weighted by Gasteiger charge is -2.19. The van der Waals surface area contributed by atoms with E-state index >= 15 is 0 Å². The van der Waals surface area contributed by atoms with Crippen molar-refractivity contribution in [2.45, 2.75) is 188 Å². The minimum absolute atomic E-state index is 1.19. The van der Waals surface area contributed by atoms with Crippen molar-refractivity contribution in [3.63, 3.8) is 0 Å². The molecule has 6 heteroatoms. The van der Waals surface area contributed by atoms with Crippen LogP contribution in [0.1, 0.15) is 163 Å². The molecule has 300 valence electrons. The highest BCUT2D eigenvalue weighted by Crippen LogP contribution is 2.47. The fourth-order valence-corrected chi connectivity index (χ4v) is 13.4.